The quantitative estimate of drug-likeness (QED) is 0.283. The number of nitrogens with zero attached hydrogens (tertiary/aromatic N) is 1. The molecule has 0 spiro atoms. The van der Waals surface area contributed by atoms with Crippen molar-refractivity contribution in [3.8, 4) is 0 Å². The van der Waals surface area contributed by atoms with Crippen LogP contribution in [0.25, 0.3) is 0 Å². The van der Waals surface area contributed by atoms with Gasteiger partial charge >= 0.3 is 5.97 Å². The number of esters is 1. The van der Waals surface area contributed by atoms with Gasteiger partial charge in [0.25, 0.3) is 0 Å². The summed E-state index contributed by atoms with van der Waals surface area (Å²) in [6, 6.07) is 0. The lowest BCUT2D eigenvalue weighted by Crippen LogP contribution is -2.23. The summed E-state index contributed by atoms with van der Waals surface area (Å²) in [6.45, 7) is 5.28. The predicted molar refractivity (Wildman–Crippen MR) is 80.7 cm³/mol. The van der Waals surface area contributed by atoms with E-state index in [2.05, 4.69) is 12.1 Å². The van der Waals surface area contributed by atoms with Crippen LogP contribution in [0.3, 0.4) is 0 Å². The van der Waals surface area contributed by atoms with Crippen molar-refractivity contribution in [2.75, 3.05) is 25.6 Å². The van der Waals surface area contributed by atoms with E-state index in [9.17, 15) is 4.79 Å². The first-order valence-electron chi connectivity index (χ1n) is 7.11. The molecule has 0 bridgehead atoms. The average molecular weight is 301 g/mol. The average Bonchev–Trinajstić information content (AvgIpc) is 2.47. The van der Waals surface area contributed by atoms with Crippen molar-refractivity contribution in [1.29, 1.82) is 0 Å². The van der Waals surface area contributed by atoms with Crippen molar-refractivity contribution in [2.24, 2.45) is 5.16 Å². The van der Waals surface area contributed by atoms with Crippen LogP contribution in [-0.4, -0.2) is 37.3 Å². The molecule has 1 aliphatic heterocycles. The Bertz CT molecular complexity index is 355. The molecule has 5 nitrogen and oxygen atoms in total. The normalized spacial score (nSPS) is 15.3. The second-order valence-electron chi connectivity index (χ2n) is 4.26. The predicted octanol–water partition coefficient (Wildman–Crippen LogP) is 3.11. The Morgan fingerprint density at radius 1 is 1.40 bits per heavy atom. The molecule has 1 heterocycles. The number of unbranched alkanes of at least 4 members (excludes halogenated alkanes) is 3. The maximum Gasteiger partial charge on any atom is 0.364 e. The zero-order chi connectivity index (χ0) is 14.6. The van der Waals surface area contributed by atoms with Gasteiger partial charge in [-0.2, -0.15) is 0 Å². The van der Waals surface area contributed by atoms with Crippen molar-refractivity contribution in [2.45, 2.75) is 39.5 Å². The molecule has 0 radical (unpaired) electrons. The van der Waals surface area contributed by atoms with Gasteiger partial charge in [0.2, 0.25) is 5.71 Å². The van der Waals surface area contributed by atoms with E-state index >= 15 is 0 Å². The maximum atomic E-state index is 11.8. The molecule has 0 aromatic carbocycles. The largest absolute Gasteiger partial charge is 0.489 e. The minimum atomic E-state index is -0.505. The minimum absolute atomic E-state index is 0.120. The number of ether oxygens (including phenoxy) is 2. The summed E-state index contributed by atoms with van der Waals surface area (Å²) in [5, 5.41) is 5.68. The summed E-state index contributed by atoms with van der Waals surface area (Å²) in [7, 11) is 0. The molecular formula is C14H23NO4S. The first-order chi connectivity index (χ1) is 9.79. The molecule has 114 valence electrons. The number of rotatable bonds is 9. The lowest BCUT2D eigenvalue weighted by Gasteiger charge is -2.15. The smallest absolute Gasteiger partial charge is 0.364 e. The maximum absolute atomic E-state index is 11.8. The fraction of sp³-hybridized carbons (Fsp3) is 0.714. The summed E-state index contributed by atoms with van der Waals surface area (Å²) < 4.78 is 10.4. The molecule has 0 fully saturated rings. The van der Waals surface area contributed by atoms with Crippen LogP contribution in [0.1, 0.15) is 39.5 Å². The molecule has 0 aromatic heterocycles. The molecule has 0 N–H and O–H groups in total. The summed E-state index contributed by atoms with van der Waals surface area (Å²) in [6.07, 6.45) is 4.40. The Balaban J connectivity index is 2.53. The van der Waals surface area contributed by atoms with E-state index in [1.54, 1.807) is 24.1 Å². The zero-order valence-electron chi connectivity index (χ0n) is 12.2. The van der Waals surface area contributed by atoms with E-state index in [1.807, 2.05) is 0 Å². The molecule has 0 amide bonds. The van der Waals surface area contributed by atoms with Gasteiger partial charge in [-0.3, -0.25) is 0 Å². The molecule has 6 heteroatoms. The van der Waals surface area contributed by atoms with E-state index in [1.165, 1.54) is 12.8 Å². The fourth-order valence-electron chi connectivity index (χ4n) is 1.58. The van der Waals surface area contributed by atoms with Crippen LogP contribution in [0.4, 0.5) is 0 Å². The van der Waals surface area contributed by atoms with Crippen LogP contribution >= 0.6 is 11.8 Å². The SMILES string of the molecule is CCCCCCO/N=C(/C(=O)OCC)C1=CSCCO1. The Morgan fingerprint density at radius 3 is 2.90 bits per heavy atom. The van der Waals surface area contributed by atoms with Crippen molar-refractivity contribution in [1.82, 2.24) is 0 Å². The van der Waals surface area contributed by atoms with Gasteiger partial charge in [-0.25, -0.2) is 4.79 Å². The molecule has 1 aliphatic rings. The fourth-order valence-corrected chi connectivity index (χ4v) is 2.21. The highest BCUT2D eigenvalue weighted by Gasteiger charge is 2.22. The van der Waals surface area contributed by atoms with Gasteiger partial charge in [-0.1, -0.05) is 24.9 Å². The number of thioether (sulfide) groups is 1. The van der Waals surface area contributed by atoms with Crippen LogP contribution in [0.15, 0.2) is 16.3 Å². The van der Waals surface area contributed by atoms with Crippen molar-refractivity contribution in [3.63, 3.8) is 0 Å². The van der Waals surface area contributed by atoms with E-state index < -0.39 is 5.97 Å². The lowest BCUT2D eigenvalue weighted by atomic mass is 10.2. The lowest BCUT2D eigenvalue weighted by molar-refractivity contribution is -0.135. The molecule has 0 aromatic rings. The molecule has 20 heavy (non-hydrogen) atoms. The molecule has 0 atom stereocenters. The van der Waals surface area contributed by atoms with Gasteiger partial charge in [0.05, 0.1) is 13.2 Å². The van der Waals surface area contributed by atoms with Crippen LogP contribution in [0.5, 0.6) is 0 Å². The monoisotopic (exact) mass is 301 g/mol. The highest BCUT2D eigenvalue weighted by Crippen LogP contribution is 2.17. The van der Waals surface area contributed by atoms with Crippen molar-refractivity contribution < 1.29 is 19.1 Å². The van der Waals surface area contributed by atoms with Crippen LogP contribution in [-0.2, 0) is 19.1 Å². The molecule has 1 rings (SSSR count). The highest BCUT2D eigenvalue weighted by atomic mass is 32.2. The van der Waals surface area contributed by atoms with Gasteiger partial charge in [0, 0.05) is 11.2 Å². The summed E-state index contributed by atoms with van der Waals surface area (Å²) >= 11 is 1.59. The second-order valence-corrected chi connectivity index (χ2v) is 5.23. The first-order valence-corrected chi connectivity index (χ1v) is 8.16. The van der Waals surface area contributed by atoms with Gasteiger partial charge in [-0.05, 0) is 19.8 Å². The Labute approximate surface area is 124 Å². The van der Waals surface area contributed by atoms with Crippen molar-refractivity contribution >= 4 is 23.4 Å². The standard InChI is InChI=1S/C14H23NO4S/c1-3-5-6-7-8-19-15-13(14(16)17-4-2)12-11-20-10-9-18-12/h11H,3-10H2,1-2H3/b15-13+. The van der Waals surface area contributed by atoms with E-state index in [0.717, 1.165) is 18.6 Å². The number of hydrogen-bond donors (Lipinski definition) is 0. The number of oxime groups is 1. The van der Waals surface area contributed by atoms with Crippen LogP contribution in [0, 0.1) is 0 Å². The Kier molecular flexibility index (Phi) is 8.95. The molecule has 0 saturated carbocycles. The van der Waals surface area contributed by atoms with E-state index in [4.69, 9.17) is 14.3 Å². The minimum Gasteiger partial charge on any atom is -0.489 e. The van der Waals surface area contributed by atoms with Gasteiger partial charge in [0.15, 0.2) is 5.76 Å². The number of carbonyl (C=O) groups excluding carboxylic acids is 1. The first kappa shape index (κ1) is 16.9. The Morgan fingerprint density at radius 2 is 2.25 bits per heavy atom. The van der Waals surface area contributed by atoms with Gasteiger partial charge in [-0.15, -0.1) is 11.8 Å². The third-order valence-corrected chi connectivity index (χ3v) is 3.38. The highest BCUT2D eigenvalue weighted by molar-refractivity contribution is 8.02. The zero-order valence-corrected chi connectivity index (χ0v) is 13.0. The summed E-state index contributed by atoms with van der Waals surface area (Å²) in [5.74, 6) is 0.806. The molecular weight excluding hydrogens is 278 g/mol. The topological polar surface area (TPSA) is 57.1 Å². The third-order valence-electron chi connectivity index (χ3n) is 2.60. The van der Waals surface area contributed by atoms with Crippen LogP contribution in [0.2, 0.25) is 0 Å². The van der Waals surface area contributed by atoms with Gasteiger partial charge < -0.3 is 14.3 Å². The summed E-state index contributed by atoms with van der Waals surface area (Å²) in [4.78, 5) is 17.1. The third kappa shape index (κ3) is 6.32. The van der Waals surface area contributed by atoms with E-state index in [-0.39, 0.29) is 5.71 Å². The molecule has 0 aliphatic carbocycles. The number of hydrogen-bond acceptors (Lipinski definition) is 6. The summed E-state index contributed by atoms with van der Waals surface area (Å²) in [5.41, 5.74) is 0.120. The molecule has 0 unspecified atom stereocenters. The molecule has 0 saturated heterocycles. The van der Waals surface area contributed by atoms with Crippen molar-refractivity contribution in [3.05, 3.63) is 11.2 Å². The van der Waals surface area contributed by atoms with Crippen LogP contribution < -0.4 is 0 Å². The second kappa shape index (κ2) is 10.6. The Hall–Kier alpha value is -1.17. The van der Waals surface area contributed by atoms with E-state index in [0.29, 0.717) is 25.6 Å². The van der Waals surface area contributed by atoms with Gasteiger partial charge in [0.1, 0.15) is 6.61 Å². The number of carbonyl (C=O) groups is 1.